The van der Waals surface area contributed by atoms with Crippen molar-refractivity contribution >= 4 is 23.8 Å². The molecule has 1 aliphatic rings. The van der Waals surface area contributed by atoms with Gasteiger partial charge in [0.15, 0.2) is 6.61 Å². The van der Waals surface area contributed by atoms with Crippen molar-refractivity contribution in [2.24, 2.45) is 0 Å². The Labute approximate surface area is 158 Å². The SMILES string of the molecule is CC(C)(C)NC(=O)NC(=O)COC(=O)c1ccc(CN2CCCC2=O)cc1. The molecule has 27 heavy (non-hydrogen) atoms. The van der Waals surface area contributed by atoms with Crippen LogP contribution < -0.4 is 10.6 Å². The molecule has 0 radical (unpaired) electrons. The molecule has 4 amide bonds. The standard InChI is InChI=1S/C19H25N3O5/c1-19(2,3)21-18(26)20-15(23)12-27-17(25)14-8-6-13(7-9-14)11-22-10-4-5-16(22)24/h6-9H,4-5,10-12H2,1-3H3,(H2,20,21,23,26). The van der Waals surface area contributed by atoms with Crippen LogP contribution in [0, 0.1) is 0 Å². The molecule has 2 N–H and O–H groups in total. The third-order valence-electron chi connectivity index (χ3n) is 3.81. The summed E-state index contributed by atoms with van der Waals surface area (Å²) >= 11 is 0. The number of carbonyl (C=O) groups is 4. The average Bonchev–Trinajstić information content (AvgIpc) is 2.96. The number of nitrogens with one attached hydrogen (secondary N) is 2. The van der Waals surface area contributed by atoms with Gasteiger partial charge < -0.3 is 15.0 Å². The van der Waals surface area contributed by atoms with Crippen molar-refractivity contribution in [3.63, 3.8) is 0 Å². The highest BCUT2D eigenvalue weighted by atomic mass is 16.5. The van der Waals surface area contributed by atoms with Crippen LogP contribution >= 0.6 is 0 Å². The van der Waals surface area contributed by atoms with Crippen molar-refractivity contribution in [3.05, 3.63) is 35.4 Å². The van der Waals surface area contributed by atoms with Gasteiger partial charge in [0, 0.05) is 25.0 Å². The highest BCUT2D eigenvalue weighted by Crippen LogP contribution is 2.15. The van der Waals surface area contributed by atoms with Crippen molar-refractivity contribution in [3.8, 4) is 0 Å². The van der Waals surface area contributed by atoms with Gasteiger partial charge in [-0.3, -0.25) is 14.9 Å². The lowest BCUT2D eigenvalue weighted by atomic mass is 10.1. The minimum absolute atomic E-state index is 0.139. The first-order valence-electron chi connectivity index (χ1n) is 8.80. The van der Waals surface area contributed by atoms with E-state index in [2.05, 4.69) is 10.6 Å². The number of amides is 4. The Balaban J connectivity index is 1.79. The number of urea groups is 1. The van der Waals surface area contributed by atoms with Gasteiger partial charge in [0.05, 0.1) is 5.56 Å². The summed E-state index contributed by atoms with van der Waals surface area (Å²) in [4.78, 5) is 48.7. The summed E-state index contributed by atoms with van der Waals surface area (Å²) in [6, 6.07) is 6.02. The number of likely N-dealkylation sites (tertiary alicyclic amines) is 1. The predicted octanol–water partition coefficient (Wildman–Crippen LogP) is 1.59. The van der Waals surface area contributed by atoms with E-state index in [0.717, 1.165) is 18.5 Å². The molecule has 146 valence electrons. The smallest absolute Gasteiger partial charge is 0.338 e. The maximum atomic E-state index is 12.0. The number of rotatable bonds is 5. The molecule has 0 aliphatic carbocycles. The lowest BCUT2D eigenvalue weighted by Crippen LogP contribution is -2.49. The number of esters is 1. The number of nitrogens with zero attached hydrogens (tertiary/aromatic N) is 1. The number of benzene rings is 1. The Morgan fingerprint density at radius 2 is 1.81 bits per heavy atom. The van der Waals surface area contributed by atoms with E-state index in [1.807, 2.05) is 0 Å². The van der Waals surface area contributed by atoms with Crippen LogP contribution in [0.15, 0.2) is 24.3 Å². The average molecular weight is 375 g/mol. The topological polar surface area (TPSA) is 105 Å². The summed E-state index contributed by atoms with van der Waals surface area (Å²) in [5, 5.41) is 4.66. The number of ether oxygens (including phenoxy) is 1. The van der Waals surface area contributed by atoms with Gasteiger partial charge in [-0.15, -0.1) is 0 Å². The summed E-state index contributed by atoms with van der Waals surface area (Å²) < 4.78 is 4.92. The molecule has 1 heterocycles. The molecule has 0 bridgehead atoms. The number of carbonyl (C=O) groups excluding carboxylic acids is 4. The summed E-state index contributed by atoms with van der Waals surface area (Å²) in [5.74, 6) is -1.24. The molecule has 1 aliphatic heterocycles. The Morgan fingerprint density at radius 1 is 1.15 bits per heavy atom. The minimum Gasteiger partial charge on any atom is -0.452 e. The van der Waals surface area contributed by atoms with E-state index in [1.54, 1.807) is 49.9 Å². The maximum Gasteiger partial charge on any atom is 0.338 e. The zero-order valence-electron chi connectivity index (χ0n) is 15.8. The fraction of sp³-hybridized carbons (Fsp3) is 0.474. The molecule has 0 aromatic heterocycles. The van der Waals surface area contributed by atoms with Crippen LogP contribution in [0.4, 0.5) is 4.79 Å². The van der Waals surface area contributed by atoms with E-state index in [1.165, 1.54) is 0 Å². The van der Waals surface area contributed by atoms with Crippen LogP contribution in [-0.2, 0) is 20.9 Å². The fourth-order valence-electron chi connectivity index (χ4n) is 2.59. The van der Waals surface area contributed by atoms with Gasteiger partial charge in [0.1, 0.15) is 0 Å². The van der Waals surface area contributed by atoms with E-state index in [9.17, 15) is 19.2 Å². The molecular weight excluding hydrogens is 350 g/mol. The number of hydrogen-bond donors (Lipinski definition) is 2. The summed E-state index contributed by atoms with van der Waals surface area (Å²) in [6.45, 7) is 6.04. The van der Waals surface area contributed by atoms with E-state index in [4.69, 9.17) is 4.74 Å². The van der Waals surface area contributed by atoms with Crippen molar-refractivity contribution in [2.75, 3.05) is 13.2 Å². The van der Waals surface area contributed by atoms with Crippen molar-refractivity contribution < 1.29 is 23.9 Å². The van der Waals surface area contributed by atoms with E-state index >= 15 is 0 Å². The van der Waals surface area contributed by atoms with Crippen LogP contribution in [0.25, 0.3) is 0 Å². The van der Waals surface area contributed by atoms with Crippen LogP contribution in [0.1, 0.15) is 49.5 Å². The predicted molar refractivity (Wildman–Crippen MR) is 97.8 cm³/mol. The van der Waals surface area contributed by atoms with Crippen molar-refractivity contribution in [1.82, 2.24) is 15.5 Å². The molecule has 0 spiro atoms. The lowest BCUT2D eigenvalue weighted by Gasteiger charge is -2.20. The normalized spacial score (nSPS) is 14.0. The van der Waals surface area contributed by atoms with E-state index < -0.39 is 30.1 Å². The van der Waals surface area contributed by atoms with Gasteiger partial charge in [-0.05, 0) is 44.9 Å². The fourth-order valence-corrected chi connectivity index (χ4v) is 2.59. The zero-order chi connectivity index (χ0) is 20.0. The van der Waals surface area contributed by atoms with Crippen molar-refractivity contribution in [2.45, 2.75) is 45.7 Å². The first-order chi connectivity index (χ1) is 12.6. The molecule has 8 nitrogen and oxygen atoms in total. The van der Waals surface area contributed by atoms with Gasteiger partial charge in [-0.1, -0.05) is 12.1 Å². The van der Waals surface area contributed by atoms with E-state index in [-0.39, 0.29) is 5.91 Å². The molecule has 1 fully saturated rings. The van der Waals surface area contributed by atoms with E-state index in [0.29, 0.717) is 18.5 Å². The van der Waals surface area contributed by atoms with Crippen LogP contribution in [-0.4, -0.2) is 47.4 Å². The number of hydrogen-bond acceptors (Lipinski definition) is 5. The first kappa shape index (κ1) is 20.4. The van der Waals surface area contributed by atoms with Gasteiger partial charge in [0.2, 0.25) is 5.91 Å². The quantitative estimate of drug-likeness (QED) is 0.761. The molecule has 1 aromatic carbocycles. The second-order valence-corrected chi connectivity index (χ2v) is 7.44. The molecule has 1 saturated heterocycles. The summed E-state index contributed by atoms with van der Waals surface area (Å²) in [6.07, 6.45) is 1.46. The molecule has 2 rings (SSSR count). The first-order valence-corrected chi connectivity index (χ1v) is 8.80. The van der Waals surface area contributed by atoms with Crippen LogP contribution in [0.3, 0.4) is 0 Å². The zero-order valence-corrected chi connectivity index (χ0v) is 15.8. The highest BCUT2D eigenvalue weighted by Gasteiger charge is 2.20. The van der Waals surface area contributed by atoms with Gasteiger partial charge in [0.25, 0.3) is 5.91 Å². The molecular formula is C19H25N3O5. The Morgan fingerprint density at radius 3 is 2.37 bits per heavy atom. The third-order valence-corrected chi connectivity index (χ3v) is 3.81. The summed E-state index contributed by atoms with van der Waals surface area (Å²) in [5.41, 5.74) is 0.722. The Hall–Kier alpha value is -2.90. The summed E-state index contributed by atoms with van der Waals surface area (Å²) in [7, 11) is 0. The molecule has 8 heteroatoms. The van der Waals surface area contributed by atoms with Gasteiger partial charge in [-0.2, -0.15) is 0 Å². The largest absolute Gasteiger partial charge is 0.452 e. The van der Waals surface area contributed by atoms with Crippen LogP contribution in [0.5, 0.6) is 0 Å². The third kappa shape index (κ3) is 6.73. The van der Waals surface area contributed by atoms with Crippen LogP contribution in [0.2, 0.25) is 0 Å². The molecule has 1 aromatic rings. The Kier molecular flexibility index (Phi) is 6.55. The minimum atomic E-state index is -0.714. The monoisotopic (exact) mass is 375 g/mol. The highest BCUT2D eigenvalue weighted by molar-refractivity contribution is 5.97. The maximum absolute atomic E-state index is 12.0. The van der Waals surface area contributed by atoms with Gasteiger partial charge in [-0.25, -0.2) is 9.59 Å². The second kappa shape index (κ2) is 8.66. The molecule has 0 saturated carbocycles. The second-order valence-electron chi connectivity index (χ2n) is 7.44. The molecule has 0 unspecified atom stereocenters. The van der Waals surface area contributed by atoms with Gasteiger partial charge >= 0.3 is 12.0 Å². The number of imide groups is 1. The Bertz CT molecular complexity index is 722. The lowest BCUT2D eigenvalue weighted by molar-refractivity contribution is -0.128. The molecule has 0 atom stereocenters. The van der Waals surface area contributed by atoms with Crippen molar-refractivity contribution in [1.29, 1.82) is 0 Å².